The lowest BCUT2D eigenvalue weighted by atomic mass is 9.97. The number of ether oxygens (including phenoxy) is 1. The summed E-state index contributed by atoms with van der Waals surface area (Å²) in [5.41, 5.74) is 1.93. The summed E-state index contributed by atoms with van der Waals surface area (Å²) in [6.07, 6.45) is 5.30. The molecule has 3 rings (SSSR count). The number of benzene rings is 1. The van der Waals surface area contributed by atoms with E-state index < -0.39 is 0 Å². The van der Waals surface area contributed by atoms with E-state index in [0.29, 0.717) is 5.92 Å². The number of aryl methyl sites for hydroxylation is 1. The molecule has 4 nitrogen and oxygen atoms in total. The van der Waals surface area contributed by atoms with Crippen LogP contribution in [0.5, 0.6) is 5.75 Å². The van der Waals surface area contributed by atoms with Crippen LogP contribution in [0.3, 0.4) is 0 Å². The van der Waals surface area contributed by atoms with Gasteiger partial charge in [0.15, 0.2) is 0 Å². The van der Waals surface area contributed by atoms with E-state index in [2.05, 4.69) is 24.0 Å². The van der Waals surface area contributed by atoms with E-state index in [1.807, 2.05) is 17.0 Å². The third-order valence-electron chi connectivity index (χ3n) is 4.30. The average Bonchev–Trinajstić information content (AvgIpc) is 2.61. The van der Waals surface area contributed by atoms with Gasteiger partial charge in [0, 0.05) is 31.0 Å². The first-order valence-corrected chi connectivity index (χ1v) is 8.11. The van der Waals surface area contributed by atoms with Crippen molar-refractivity contribution in [2.75, 3.05) is 19.7 Å². The molecule has 0 bridgehead atoms. The van der Waals surface area contributed by atoms with Crippen LogP contribution in [-0.4, -0.2) is 35.5 Å². The molecule has 2 aromatic rings. The zero-order valence-corrected chi connectivity index (χ0v) is 13.4. The summed E-state index contributed by atoms with van der Waals surface area (Å²) in [5, 5.41) is 0. The summed E-state index contributed by atoms with van der Waals surface area (Å²) in [6.45, 7) is 4.38. The standard InChI is InChI=1S/C19H22N2O2/c1-15-3-2-4-18(13-15)23-14-16-7-11-21(12-8-16)19(22)17-5-9-20-10-6-17/h2-6,9-10,13,16H,7-8,11-12,14H2,1H3. The second kappa shape index (κ2) is 7.27. The van der Waals surface area contributed by atoms with Gasteiger partial charge in [0.1, 0.15) is 5.75 Å². The van der Waals surface area contributed by atoms with Crippen molar-refractivity contribution >= 4 is 5.91 Å². The Morgan fingerprint density at radius 2 is 1.96 bits per heavy atom. The molecule has 0 radical (unpaired) electrons. The molecule has 0 spiro atoms. The van der Waals surface area contributed by atoms with Crippen LogP contribution in [-0.2, 0) is 0 Å². The molecule has 1 saturated heterocycles. The van der Waals surface area contributed by atoms with E-state index in [1.165, 1.54) is 5.56 Å². The molecule has 120 valence electrons. The molecule has 4 heteroatoms. The Hall–Kier alpha value is -2.36. The van der Waals surface area contributed by atoms with Crippen molar-refractivity contribution in [1.29, 1.82) is 0 Å². The Balaban J connectivity index is 1.48. The Morgan fingerprint density at radius 1 is 1.22 bits per heavy atom. The third kappa shape index (κ3) is 4.09. The summed E-state index contributed by atoms with van der Waals surface area (Å²) in [6, 6.07) is 11.7. The fraction of sp³-hybridized carbons (Fsp3) is 0.368. The van der Waals surface area contributed by atoms with Gasteiger partial charge < -0.3 is 9.64 Å². The summed E-state index contributed by atoms with van der Waals surface area (Å²) in [4.78, 5) is 18.3. The van der Waals surface area contributed by atoms with Gasteiger partial charge in [0.05, 0.1) is 6.61 Å². The van der Waals surface area contributed by atoms with Crippen molar-refractivity contribution in [2.45, 2.75) is 19.8 Å². The van der Waals surface area contributed by atoms with Gasteiger partial charge in [-0.25, -0.2) is 0 Å². The van der Waals surface area contributed by atoms with Crippen molar-refractivity contribution in [2.24, 2.45) is 5.92 Å². The molecule has 0 N–H and O–H groups in total. The van der Waals surface area contributed by atoms with Gasteiger partial charge in [0.2, 0.25) is 0 Å². The number of hydrogen-bond acceptors (Lipinski definition) is 3. The van der Waals surface area contributed by atoms with Crippen molar-refractivity contribution in [1.82, 2.24) is 9.88 Å². The van der Waals surface area contributed by atoms with E-state index in [1.54, 1.807) is 24.5 Å². The molecule has 1 aliphatic rings. The first kappa shape index (κ1) is 15.5. The number of likely N-dealkylation sites (tertiary alicyclic amines) is 1. The van der Waals surface area contributed by atoms with Gasteiger partial charge in [-0.1, -0.05) is 12.1 Å². The number of amides is 1. The van der Waals surface area contributed by atoms with Crippen LogP contribution in [0.1, 0.15) is 28.8 Å². The lowest BCUT2D eigenvalue weighted by molar-refractivity contribution is 0.0661. The first-order chi connectivity index (χ1) is 11.2. The predicted molar refractivity (Wildman–Crippen MR) is 89.5 cm³/mol. The molecule has 0 unspecified atom stereocenters. The summed E-state index contributed by atoms with van der Waals surface area (Å²) >= 11 is 0. The van der Waals surface area contributed by atoms with Gasteiger partial charge in [-0.05, 0) is 55.5 Å². The van der Waals surface area contributed by atoms with Crippen LogP contribution in [0.4, 0.5) is 0 Å². The summed E-state index contributed by atoms with van der Waals surface area (Å²) < 4.78 is 5.89. The maximum atomic E-state index is 12.4. The number of hydrogen-bond donors (Lipinski definition) is 0. The highest BCUT2D eigenvalue weighted by Crippen LogP contribution is 2.21. The smallest absolute Gasteiger partial charge is 0.253 e. The molecule has 1 aromatic heterocycles. The van der Waals surface area contributed by atoms with E-state index in [4.69, 9.17) is 4.74 Å². The maximum absolute atomic E-state index is 12.4. The molecule has 1 fully saturated rings. The zero-order valence-electron chi connectivity index (χ0n) is 13.4. The normalized spacial score (nSPS) is 15.4. The zero-order chi connectivity index (χ0) is 16.1. The van der Waals surface area contributed by atoms with Gasteiger partial charge in [0.25, 0.3) is 5.91 Å². The minimum absolute atomic E-state index is 0.102. The van der Waals surface area contributed by atoms with E-state index in [9.17, 15) is 4.79 Å². The molecule has 0 aliphatic carbocycles. The van der Waals surface area contributed by atoms with Crippen LogP contribution in [0.15, 0.2) is 48.8 Å². The van der Waals surface area contributed by atoms with Crippen molar-refractivity contribution in [3.8, 4) is 5.75 Å². The Morgan fingerprint density at radius 3 is 2.65 bits per heavy atom. The molecular formula is C19H22N2O2. The summed E-state index contributed by atoms with van der Waals surface area (Å²) in [5.74, 6) is 1.54. The molecule has 1 aliphatic heterocycles. The largest absolute Gasteiger partial charge is 0.493 e. The fourth-order valence-corrected chi connectivity index (χ4v) is 2.90. The number of carbonyl (C=O) groups is 1. The van der Waals surface area contributed by atoms with Crippen LogP contribution >= 0.6 is 0 Å². The number of piperidine rings is 1. The van der Waals surface area contributed by atoms with Crippen LogP contribution < -0.4 is 4.74 Å². The summed E-state index contributed by atoms with van der Waals surface area (Å²) in [7, 11) is 0. The molecule has 2 heterocycles. The second-order valence-electron chi connectivity index (χ2n) is 6.10. The average molecular weight is 310 g/mol. The molecular weight excluding hydrogens is 288 g/mol. The van der Waals surface area contributed by atoms with Gasteiger partial charge in [-0.3, -0.25) is 9.78 Å². The fourth-order valence-electron chi connectivity index (χ4n) is 2.90. The Labute approximate surface area is 137 Å². The van der Waals surface area contributed by atoms with Gasteiger partial charge >= 0.3 is 0 Å². The lowest BCUT2D eigenvalue weighted by Crippen LogP contribution is -2.39. The highest BCUT2D eigenvalue weighted by atomic mass is 16.5. The number of carbonyl (C=O) groups excluding carboxylic acids is 1. The van der Waals surface area contributed by atoms with Crippen molar-refractivity contribution < 1.29 is 9.53 Å². The van der Waals surface area contributed by atoms with Crippen LogP contribution in [0.2, 0.25) is 0 Å². The lowest BCUT2D eigenvalue weighted by Gasteiger charge is -2.32. The highest BCUT2D eigenvalue weighted by Gasteiger charge is 2.23. The van der Waals surface area contributed by atoms with Crippen molar-refractivity contribution in [3.05, 3.63) is 59.9 Å². The Bertz CT molecular complexity index is 649. The maximum Gasteiger partial charge on any atom is 0.253 e. The Kier molecular flexibility index (Phi) is 4.91. The SMILES string of the molecule is Cc1cccc(OCC2CCN(C(=O)c3ccncc3)CC2)c1. The van der Waals surface area contributed by atoms with E-state index in [-0.39, 0.29) is 5.91 Å². The van der Waals surface area contributed by atoms with Crippen molar-refractivity contribution in [3.63, 3.8) is 0 Å². The quantitative estimate of drug-likeness (QED) is 0.870. The monoisotopic (exact) mass is 310 g/mol. The van der Waals surface area contributed by atoms with E-state index >= 15 is 0 Å². The van der Waals surface area contributed by atoms with Gasteiger partial charge in [-0.2, -0.15) is 0 Å². The highest BCUT2D eigenvalue weighted by molar-refractivity contribution is 5.94. The second-order valence-corrected chi connectivity index (χ2v) is 6.10. The first-order valence-electron chi connectivity index (χ1n) is 8.11. The minimum Gasteiger partial charge on any atom is -0.493 e. The number of pyridine rings is 1. The van der Waals surface area contributed by atoms with Gasteiger partial charge in [-0.15, -0.1) is 0 Å². The van der Waals surface area contributed by atoms with E-state index in [0.717, 1.165) is 43.9 Å². The number of aromatic nitrogens is 1. The van der Waals surface area contributed by atoms with Crippen LogP contribution in [0, 0.1) is 12.8 Å². The number of rotatable bonds is 4. The minimum atomic E-state index is 0.102. The predicted octanol–water partition coefficient (Wildman–Crippen LogP) is 3.32. The number of nitrogens with zero attached hydrogens (tertiary/aromatic N) is 2. The topological polar surface area (TPSA) is 42.4 Å². The molecule has 1 aromatic carbocycles. The third-order valence-corrected chi connectivity index (χ3v) is 4.30. The molecule has 0 atom stereocenters. The molecule has 1 amide bonds. The molecule has 23 heavy (non-hydrogen) atoms. The van der Waals surface area contributed by atoms with Crippen LogP contribution in [0.25, 0.3) is 0 Å². The molecule has 0 saturated carbocycles.